The number of aromatic nitrogens is 1. The van der Waals surface area contributed by atoms with Crippen LogP contribution < -0.4 is 0 Å². The van der Waals surface area contributed by atoms with Crippen molar-refractivity contribution in [2.75, 3.05) is 0 Å². The molecule has 2 N–H and O–H groups in total. The number of rotatable bonds is 2. The average molecular weight is 281 g/mol. The summed E-state index contributed by atoms with van der Waals surface area (Å²) >= 11 is 0. The first-order valence-electron chi connectivity index (χ1n) is 5.72. The predicted molar refractivity (Wildman–Crippen MR) is 67.2 cm³/mol. The average Bonchev–Trinajstić information content (AvgIpc) is 3.15. The fraction of sp³-hybridized carbons (Fsp3) is 0.250. The molecule has 100 valence electrons. The molecule has 1 fully saturated rings. The van der Waals surface area contributed by atoms with Gasteiger partial charge in [0.1, 0.15) is 0 Å². The van der Waals surface area contributed by atoms with Crippen LogP contribution >= 0.6 is 0 Å². The van der Waals surface area contributed by atoms with Crippen LogP contribution in [0.5, 0.6) is 5.88 Å². The van der Waals surface area contributed by atoms with Gasteiger partial charge in [-0.1, -0.05) is 0 Å². The fourth-order valence-corrected chi connectivity index (χ4v) is 3.77. The van der Waals surface area contributed by atoms with E-state index in [1.54, 1.807) is 0 Å². The molecule has 1 heterocycles. The van der Waals surface area contributed by atoms with Crippen molar-refractivity contribution < 1.29 is 23.4 Å². The van der Waals surface area contributed by atoms with Gasteiger partial charge in [-0.05, 0) is 31.0 Å². The maximum absolute atomic E-state index is 12.1. The van der Waals surface area contributed by atoms with Crippen LogP contribution in [0.1, 0.15) is 12.8 Å². The lowest BCUT2D eigenvalue weighted by Crippen LogP contribution is -2.06. The van der Waals surface area contributed by atoms with Gasteiger partial charge in [0, 0.05) is 17.0 Å². The second-order valence-corrected chi connectivity index (χ2v) is 6.83. The van der Waals surface area contributed by atoms with Gasteiger partial charge in [-0.2, -0.15) is 0 Å². The van der Waals surface area contributed by atoms with Gasteiger partial charge in [-0.15, -0.1) is 0 Å². The first kappa shape index (κ1) is 12.0. The third kappa shape index (κ3) is 1.77. The minimum atomic E-state index is -3.32. The van der Waals surface area contributed by atoms with E-state index in [0.717, 1.165) is 0 Å². The summed E-state index contributed by atoms with van der Waals surface area (Å²) in [5, 5.41) is 19.0. The molecule has 0 spiro atoms. The molecule has 0 unspecified atom stereocenters. The highest BCUT2D eigenvalue weighted by atomic mass is 32.2. The summed E-state index contributed by atoms with van der Waals surface area (Å²) in [5.41, 5.74) is 0. The number of hydrogen-bond donors (Lipinski definition) is 2. The Bertz CT molecular complexity index is 786. The Kier molecular flexibility index (Phi) is 2.37. The Morgan fingerprint density at radius 1 is 1.32 bits per heavy atom. The third-order valence-electron chi connectivity index (χ3n) is 3.26. The van der Waals surface area contributed by atoms with Crippen LogP contribution in [0.15, 0.2) is 29.3 Å². The van der Waals surface area contributed by atoms with Gasteiger partial charge >= 0.3 is 6.09 Å². The minimum absolute atomic E-state index is 0.171. The summed E-state index contributed by atoms with van der Waals surface area (Å²) in [4.78, 5) is 11.0. The van der Waals surface area contributed by atoms with Crippen molar-refractivity contribution in [3.05, 3.63) is 24.4 Å². The molecule has 0 atom stereocenters. The number of hydrogen-bond acceptors (Lipinski definition) is 4. The number of carbonyl (C=O) groups is 1. The zero-order valence-corrected chi connectivity index (χ0v) is 10.6. The summed E-state index contributed by atoms with van der Waals surface area (Å²) in [5.74, 6) is -0.405. The number of fused-ring (bicyclic) bond motifs is 1. The van der Waals surface area contributed by atoms with E-state index in [1.807, 2.05) is 0 Å². The molecule has 0 bridgehead atoms. The summed E-state index contributed by atoms with van der Waals surface area (Å²) in [6.45, 7) is 0. The highest BCUT2D eigenvalue weighted by molar-refractivity contribution is 7.92. The molecule has 3 rings (SSSR count). The highest BCUT2D eigenvalue weighted by Gasteiger charge is 2.37. The summed E-state index contributed by atoms with van der Waals surface area (Å²) in [6, 6.07) is 4.24. The zero-order valence-electron chi connectivity index (χ0n) is 9.78. The molecular formula is C12H11NO5S. The molecule has 1 aromatic heterocycles. The van der Waals surface area contributed by atoms with E-state index in [1.165, 1.54) is 24.4 Å². The van der Waals surface area contributed by atoms with Gasteiger partial charge in [0.25, 0.3) is 0 Å². The Hall–Kier alpha value is -2.02. The first-order chi connectivity index (χ1) is 8.91. The molecule has 6 nitrogen and oxygen atoms in total. The van der Waals surface area contributed by atoms with Crippen molar-refractivity contribution in [3.8, 4) is 5.88 Å². The van der Waals surface area contributed by atoms with Gasteiger partial charge in [0.15, 0.2) is 9.84 Å². The van der Waals surface area contributed by atoms with Crippen LogP contribution in [0.4, 0.5) is 4.79 Å². The first-order valence-corrected chi connectivity index (χ1v) is 7.27. The molecule has 7 heteroatoms. The molecule has 1 aromatic carbocycles. The summed E-state index contributed by atoms with van der Waals surface area (Å²) < 4.78 is 24.8. The van der Waals surface area contributed by atoms with Crippen molar-refractivity contribution in [2.45, 2.75) is 23.0 Å². The number of carboxylic acid groups (broad SMARTS) is 1. The van der Waals surface area contributed by atoms with Gasteiger partial charge in [0.05, 0.1) is 10.1 Å². The second-order valence-electron chi connectivity index (χ2n) is 4.60. The van der Waals surface area contributed by atoms with E-state index in [0.29, 0.717) is 28.2 Å². The van der Waals surface area contributed by atoms with Crippen molar-refractivity contribution in [1.82, 2.24) is 4.57 Å². The largest absolute Gasteiger partial charge is 0.494 e. The standard InChI is InChI=1S/C12H11NO5S/c14-11-10-4-3-9(19(17,18)8-1-2-8)5-7(10)6-13(11)12(15)16/h3-6,8,14H,1-2H2,(H,15,16). The molecular weight excluding hydrogens is 270 g/mol. The molecule has 1 saturated carbocycles. The van der Waals surface area contributed by atoms with E-state index >= 15 is 0 Å². The van der Waals surface area contributed by atoms with E-state index < -0.39 is 21.8 Å². The van der Waals surface area contributed by atoms with E-state index in [4.69, 9.17) is 5.11 Å². The normalized spacial score (nSPS) is 15.8. The zero-order chi connectivity index (χ0) is 13.8. The van der Waals surface area contributed by atoms with E-state index in [2.05, 4.69) is 0 Å². The van der Waals surface area contributed by atoms with Crippen molar-refractivity contribution >= 4 is 26.7 Å². The smallest absolute Gasteiger partial charge is 0.418 e. The lowest BCUT2D eigenvalue weighted by Gasteiger charge is -2.02. The monoisotopic (exact) mass is 281 g/mol. The molecule has 0 amide bonds. The predicted octanol–water partition coefficient (Wildman–Crippen LogP) is 1.81. The molecule has 0 saturated heterocycles. The van der Waals surface area contributed by atoms with Crippen molar-refractivity contribution in [3.63, 3.8) is 0 Å². The molecule has 1 aliphatic rings. The van der Waals surface area contributed by atoms with Crippen LogP contribution in [0.3, 0.4) is 0 Å². The Morgan fingerprint density at radius 3 is 2.58 bits per heavy atom. The van der Waals surface area contributed by atoms with Crippen molar-refractivity contribution in [2.24, 2.45) is 0 Å². The second kappa shape index (κ2) is 3.74. The topological polar surface area (TPSA) is 96.6 Å². The molecule has 19 heavy (non-hydrogen) atoms. The van der Waals surface area contributed by atoms with Gasteiger partial charge in [-0.3, -0.25) is 0 Å². The number of aromatic hydroxyl groups is 1. The number of nitrogens with zero attached hydrogens (tertiary/aromatic N) is 1. The van der Waals surface area contributed by atoms with Crippen LogP contribution in [0.2, 0.25) is 0 Å². The third-order valence-corrected chi connectivity index (χ3v) is 5.52. The van der Waals surface area contributed by atoms with Crippen LogP contribution in [-0.4, -0.2) is 34.5 Å². The molecule has 1 aliphatic carbocycles. The van der Waals surface area contributed by atoms with Crippen molar-refractivity contribution in [1.29, 1.82) is 0 Å². The maximum atomic E-state index is 12.1. The quantitative estimate of drug-likeness (QED) is 0.875. The lowest BCUT2D eigenvalue weighted by atomic mass is 10.2. The Morgan fingerprint density at radius 2 is 2.00 bits per heavy atom. The van der Waals surface area contributed by atoms with Gasteiger partial charge in [-0.25, -0.2) is 17.8 Å². The Labute approximate surface area is 108 Å². The van der Waals surface area contributed by atoms with Crippen LogP contribution in [0.25, 0.3) is 10.8 Å². The van der Waals surface area contributed by atoms with Gasteiger partial charge in [0.2, 0.25) is 5.88 Å². The van der Waals surface area contributed by atoms with E-state index in [-0.39, 0.29) is 10.1 Å². The Balaban J connectivity index is 2.19. The summed E-state index contributed by atoms with van der Waals surface area (Å²) in [7, 11) is -3.32. The van der Waals surface area contributed by atoms with Crippen LogP contribution in [0, 0.1) is 0 Å². The minimum Gasteiger partial charge on any atom is -0.494 e. The highest BCUT2D eigenvalue weighted by Crippen LogP contribution is 2.36. The summed E-state index contributed by atoms with van der Waals surface area (Å²) in [6.07, 6.45) is 1.22. The van der Waals surface area contributed by atoms with Crippen LogP contribution in [-0.2, 0) is 9.84 Å². The maximum Gasteiger partial charge on any atom is 0.418 e. The lowest BCUT2D eigenvalue weighted by molar-refractivity contribution is 0.193. The SMILES string of the molecule is O=C(O)n1cc2cc(S(=O)(=O)C3CC3)ccc2c1O. The number of sulfone groups is 1. The van der Waals surface area contributed by atoms with Gasteiger partial charge < -0.3 is 10.2 Å². The molecule has 0 radical (unpaired) electrons. The molecule has 2 aromatic rings. The fourth-order valence-electron chi connectivity index (χ4n) is 2.07. The van der Waals surface area contributed by atoms with E-state index in [9.17, 15) is 18.3 Å². The number of benzene rings is 1. The molecule has 0 aliphatic heterocycles.